The quantitative estimate of drug-likeness (QED) is 0.805. The molecule has 2 amide bonds. The topological polar surface area (TPSA) is 56.8 Å². The lowest BCUT2D eigenvalue weighted by Gasteiger charge is -2.36. The Hall–Kier alpha value is -2.89. The van der Waals surface area contributed by atoms with E-state index in [2.05, 4.69) is 22.9 Å². The average molecular weight is 393 g/mol. The van der Waals surface area contributed by atoms with Gasteiger partial charge >= 0.3 is 0 Å². The summed E-state index contributed by atoms with van der Waals surface area (Å²) < 4.78 is 0. The van der Waals surface area contributed by atoms with Crippen LogP contribution in [-0.4, -0.2) is 54.4 Å². The molecule has 29 heavy (non-hydrogen) atoms. The Morgan fingerprint density at radius 3 is 2.34 bits per heavy atom. The summed E-state index contributed by atoms with van der Waals surface area (Å²) in [6.45, 7) is 9.77. The fourth-order valence-corrected chi connectivity index (χ4v) is 4.31. The van der Waals surface area contributed by atoms with Crippen molar-refractivity contribution in [2.45, 2.75) is 33.6 Å². The Morgan fingerprint density at radius 2 is 1.72 bits per heavy atom. The number of piperazine rings is 1. The molecular formula is C23H28N4O2. The van der Waals surface area contributed by atoms with Crippen LogP contribution in [0.25, 0.3) is 0 Å². The van der Waals surface area contributed by atoms with Gasteiger partial charge in [0.25, 0.3) is 5.91 Å². The minimum Gasteiger partial charge on any atom is -0.353 e. The van der Waals surface area contributed by atoms with Gasteiger partial charge < -0.3 is 14.7 Å². The van der Waals surface area contributed by atoms with Gasteiger partial charge in [0, 0.05) is 56.6 Å². The molecule has 152 valence electrons. The highest BCUT2D eigenvalue weighted by Gasteiger charge is 2.26. The molecule has 1 aromatic heterocycles. The number of benzene rings is 1. The van der Waals surface area contributed by atoms with Crippen LogP contribution in [0.3, 0.4) is 0 Å². The summed E-state index contributed by atoms with van der Waals surface area (Å²) in [4.78, 5) is 35.6. The van der Waals surface area contributed by atoms with Crippen LogP contribution in [0, 0.1) is 20.8 Å². The monoisotopic (exact) mass is 392 g/mol. The predicted octanol–water partition coefficient (Wildman–Crippen LogP) is 3.10. The van der Waals surface area contributed by atoms with Crippen molar-refractivity contribution in [2.75, 3.05) is 42.5 Å². The first-order valence-electron chi connectivity index (χ1n) is 10.3. The van der Waals surface area contributed by atoms with Crippen molar-refractivity contribution in [3.8, 4) is 0 Å². The molecule has 6 heteroatoms. The summed E-state index contributed by atoms with van der Waals surface area (Å²) in [5, 5.41) is 0. The second-order valence-electron chi connectivity index (χ2n) is 8.08. The second kappa shape index (κ2) is 7.85. The van der Waals surface area contributed by atoms with E-state index in [4.69, 9.17) is 0 Å². The normalized spacial score (nSPS) is 17.2. The first-order valence-corrected chi connectivity index (χ1v) is 10.3. The number of hydrogen-bond donors (Lipinski definition) is 0. The van der Waals surface area contributed by atoms with E-state index in [9.17, 15) is 9.59 Å². The fourth-order valence-electron chi connectivity index (χ4n) is 4.31. The van der Waals surface area contributed by atoms with Gasteiger partial charge in [-0.15, -0.1) is 0 Å². The van der Waals surface area contributed by atoms with Crippen LogP contribution >= 0.6 is 0 Å². The molecule has 6 nitrogen and oxygen atoms in total. The molecule has 0 bridgehead atoms. The number of carbonyl (C=O) groups is 2. The minimum absolute atomic E-state index is 0.0648. The van der Waals surface area contributed by atoms with Crippen molar-refractivity contribution in [3.63, 3.8) is 0 Å². The summed E-state index contributed by atoms with van der Waals surface area (Å²) in [6.07, 6.45) is 3.41. The van der Waals surface area contributed by atoms with E-state index in [1.807, 2.05) is 48.0 Å². The predicted molar refractivity (Wildman–Crippen MR) is 115 cm³/mol. The van der Waals surface area contributed by atoms with Crippen molar-refractivity contribution in [1.29, 1.82) is 0 Å². The minimum atomic E-state index is 0.0648. The van der Waals surface area contributed by atoms with Gasteiger partial charge in [-0.3, -0.25) is 9.59 Å². The highest BCUT2D eigenvalue weighted by molar-refractivity contribution is 5.98. The molecule has 0 atom stereocenters. The maximum Gasteiger partial charge on any atom is 0.254 e. The van der Waals surface area contributed by atoms with E-state index >= 15 is 0 Å². The van der Waals surface area contributed by atoms with Gasteiger partial charge in [-0.05, 0) is 62.1 Å². The number of amides is 2. The first-order chi connectivity index (χ1) is 13.9. The van der Waals surface area contributed by atoms with Crippen molar-refractivity contribution in [2.24, 2.45) is 0 Å². The Bertz CT molecular complexity index is 948. The van der Waals surface area contributed by atoms with Crippen molar-refractivity contribution in [3.05, 3.63) is 52.7 Å². The maximum absolute atomic E-state index is 13.1. The fraction of sp³-hybridized carbons (Fsp3) is 0.435. The lowest BCUT2D eigenvalue weighted by Crippen LogP contribution is -2.49. The zero-order chi connectivity index (χ0) is 20.5. The van der Waals surface area contributed by atoms with Gasteiger partial charge in [0.05, 0.1) is 0 Å². The molecule has 2 aromatic rings. The molecule has 0 radical (unpaired) electrons. The molecule has 2 saturated heterocycles. The lowest BCUT2D eigenvalue weighted by atomic mass is 10.1. The summed E-state index contributed by atoms with van der Waals surface area (Å²) in [7, 11) is 0. The van der Waals surface area contributed by atoms with Crippen molar-refractivity contribution in [1.82, 2.24) is 9.88 Å². The Morgan fingerprint density at radius 1 is 0.966 bits per heavy atom. The van der Waals surface area contributed by atoms with E-state index in [1.165, 1.54) is 5.56 Å². The van der Waals surface area contributed by atoms with E-state index in [-0.39, 0.29) is 11.8 Å². The molecule has 1 aromatic carbocycles. The Labute approximate surface area is 172 Å². The standard InChI is InChI=1S/C23H28N4O2/c1-16-13-18(3)22(24-15-16)25-9-11-26(12-10-25)23(29)20-7-6-19(14-17(20)2)27-8-4-5-21(27)28/h6-7,13-15H,4-5,8-12H2,1-3H3. The van der Waals surface area contributed by atoms with Gasteiger partial charge in [0.15, 0.2) is 0 Å². The number of hydrogen-bond acceptors (Lipinski definition) is 4. The third-order valence-corrected chi connectivity index (χ3v) is 5.88. The van der Waals surface area contributed by atoms with Crippen LogP contribution in [0.4, 0.5) is 11.5 Å². The third-order valence-electron chi connectivity index (χ3n) is 5.88. The number of rotatable bonds is 3. The lowest BCUT2D eigenvalue weighted by molar-refractivity contribution is -0.117. The third kappa shape index (κ3) is 3.84. The molecule has 0 N–H and O–H groups in total. The number of aryl methyl sites for hydroxylation is 3. The van der Waals surface area contributed by atoms with Crippen LogP contribution in [-0.2, 0) is 4.79 Å². The van der Waals surface area contributed by atoms with E-state index < -0.39 is 0 Å². The van der Waals surface area contributed by atoms with Gasteiger partial charge in [0.2, 0.25) is 5.91 Å². The number of aromatic nitrogens is 1. The number of anilines is 2. The Kier molecular flexibility index (Phi) is 5.26. The first kappa shape index (κ1) is 19.4. The molecule has 3 heterocycles. The zero-order valence-corrected chi connectivity index (χ0v) is 17.4. The van der Waals surface area contributed by atoms with Gasteiger partial charge in [-0.2, -0.15) is 0 Å². The zero-order valence-electron chi connectivity index (χ0n) is 17.4. The van der Waals surface area contributed by atoms with Gasteiger partial charge in [-0.1, -0.05) is 6.07 Å². The number of nitrogens with zero attached hydrogens (tertiary/aromatic N) is 4. The van der Waals surface area contributed by atoms with E-state index in [0.717, 1.165) is 54.3 Å². The average Bonchev–Trinajstić information content (AvgIpc) is 3.13. The van der Waals surface area contributed by atoms with E-state index in [0.29, 0.717) is 19.5 Å². The van der Waals surface area contributed by atoms with Gasteiger partial charge in [-0.25, -0.2) is 4.98 Å². The van der Waals surface area contributed by atoms with Gasteiger partial charge in [0.1, 0.15) is 5.82 Å². The molecule has 2 aliphatic rings. The molecule has 0 aliphatic carbocycles. The molecule has 2 aliphatic heterocycles. The molecule has 4 rings (SSSR count). The van der Waals surface area contributed by atoms with Crippen LogP contribution in [0.1, 0.15) is 39.9 Å². The summed E-state index contributed by atoms with van der Waals surface area (Å²) in [6, 6.07) is 7.89. The smallest absolute Gasteiger partial charge is 0.254 e. The van der Waals surface area contributed by atoms with Crippen molar-refractivity contribution >= 4 is 23.3 Å². The molecular weight excluding hydrogens is 364 g/mol. The largest absolute Gasteiger partial charge is 0.353 e. The molecule has 0 saturated carbocycles. The van der Waals surface area contributed by atoms with Crippen LogP contribution in [0.2, 0.25) is 0 Å². The highest BCUT2D eigenvalue weighted by Crippen LogP contribution is 2.25. The summed E-state index contributed by atoms with van der Waals surface area (Å²) >= 11 is 0. The summed E-state index contributed by atoms with van der Waals surface area (Å²) in [5.41, 5.74) is 4.87. The second-order valence-corrected chi connectivity index (χ2v) is 8.08. The molecule has 2 fully saturated rings. The van der Waals surface area contributed by atoms with Crippen molar-refractivity contribution < 1.29 is 9.59 Å². The summed E-state index contributed by atoms with van der Waals surface area (Å²) in [5.74, 6) is 1.24. The maximum atomic E-state index is 13.1. The Balaban J connectivity index is 1.43. The van der Waals surface area contributed by atoms with E-state index in [1.54, 1.807) is 0 Å². The van der Waals surface area contributed by atoms with Crippen LogP contribution in [0.5, 0.6) is 0 Å². The van der Waals surface area contributed by atoms with Crippen LogP contribution < -0.4 is 9.80 Å². The molecule has 0 spiro atoms. The SMILES string of the molecule is Cc1cnc(N2CCN(C(=O)c3ccc(N4CCCC4=O)cc3C)CC2)c(C)c1. The molecule has 0 unspecified atom stereocenters. The number of carbonyl (C=O) groups excluding carboxylic acids is 2. The highest BCUT2D eigenvalue weighted by atomic mass is 16.2. The van der Waals surface area contributed by atoms with Crippen LogP contribution in [0.15, 0.2) is 30.5 Å². The number of pyridine rings is 1.